The van der Waals surface area contributed by atoms with Crippen LogP contribution in [0.2, 0.25) is 0 Å². The van der Waals surface area contributed by atoms with Crippen LogP contribution in [0.3, 0.4) is 0 Å². The Labute approximate surface area is 116 Å². The first kappa shape index (κ1) is 13.5. The van der Waals surface area contributed by atoms with Crippen molar-refractivity contribution in [2.24, 2.45) is 0 Å². The molecule has 2 N–H and O–H groups in total. The van der Waals surface area contributed by atoms with E-state index in [4.69, 9.17) is 5.73 Å². The van der Waals surface area contributed by atoms with Crippen LogP contribution >= 0.6 is 11.3 Å². The molecule has 1 heterocycles. The third-order valence-electron chi connectivity index (χ3n) is 2.84. The normalized spacial score (nSPS) is 10.5. The van der Waals surface area contributed by atoms with Crippen molar-refractivity contribution in [1.82, 2.24) is 4.98 Å². The number of thiazole rings is 1. The maximum Gasteiger partial charge on any atom is 0.270 e. The summed E-state index contributed by atoms with van der Waals surface area (Å²) < 4.78 is 0. The molecule has 2 rings (SSSR count). The smallest absolute Gasteiger partial charge is 0.270 e. The Balaban J connectivity index is 2.37. The lowest BCUT2D eigenvalue weighted by atomic mass is 10.2. The molecule has 1 aromatic heterocycles. The molecule has 0 aliphatic rings. The molecule has 0 bridgehead atoms. The highest BCUT2D eigenvalue weighted by Gasteiger charge is 2.20. The average Bonchev–Trinajstić information content (AvgIpc) is 2.69. The van der Waals surface area contributed by atoms with Gasteiger partial charge in [0, 0.05) is 17.9 Å². The number of aromatic nitrogens is 1. The van der Waals surface area contributed by atoms with E-state index >= 15 is 0 Å². The van der Waals surface area contributed by atoms with Gasteiger partial charge in [-0.2, -0.15) is 0 Å². The lowest BCUT2D eigenvalue weighted by Gasteiger charge is -2.20. The second-order valence-corrected chi connectivity index (χ2v) is 5.50. The fourth-order valence-electron chi connectivity index (χ4n) is 1.99. The van der Waals surface area contributed by atoms with Gasteiger partial charge in [0.1, 0.15) is 4.88 Å². The van der Waals surface area contributed by atoms with E-state index in [-0.39, 0.29) is 5.91 Å². The van der Waals surface area contributed by atoms with Crippen LogP contribution in [0, 0.1) is 13.8 Å². The summed E-state index contributed by atoms with van der Waals surface area (Å²) in [6, 6.07) is 7.36. The van der Waals surface area contributed by atoms with E-state index in [9.17, 15) is 4.79 Å². The van der Waals surface area contributed by atoms with E-state index in [0.29, 0.717) is 17.1 Å². The molecule has 1 amide bonds. The van der Waals surface area contributed by atoms with Crippen molar-refractivity contribution in [2.75, 3.05) is 17.2 Å². The first-order chi connectivity index (χ1) is 9.02. The minimum Gasteiger partial charge on any atom is -0.399 e. The van der Waals surface area contributed by atoms with Gasteiger partial charge in [-0.1, -0.05) is 6.07 Å². The molecule has 100 valence electrons. The fourth-order valence-corrected chi connectivity index (χ4v) is 2.86. The molecule has 0 radical (unpaired) electrons. The molecular formula is C14H17N3OS. The second kappa shape index (κ2) is 5.40. The summed E-state index contributed by atoms with van der Waals surface area (Å²) >= 11 is 1.43. The molecule has 1 aromatic carbocycles. The largest absolute Gasteiger partial charge is 0.399 e. The third kappa shape index (κ3) is 2.76. The van der Waals surface area contributed by atoms with Crippen LogP contribution in [0.1, 0.15) is 27.3 Å². The SMILES string of the molecule is CCN(C(=O)c1sc(C)nc1C)c1cccc(N)c1. The van der Waals surface area contributed by atoms with Gasteiger partial charge in [0.15, 0.2) is 0 Å². The number of rotatable bonds is 3. The number of hydrogen-bond donors (Lipinski definition) is 1. The van der Waals surface area contributed by atoms with Crippen molar-refractivity contribution in [3.05, 3.63) is 39.8 Å². The average molecular weight is 275 g/mol. The Morgan fingerprint density at radius 2 is 2.16 bits per heavy atom. The van der Waals surface area contributed by atoms with E-state index in [2.05, 4.69) is 4.98 Å². The van der Waals surface area contributed by atoms with Crippen molar-refractivity contribution >= 4 is 28.6 Å². The zero-order valence-electron chi connectivity index (χ0n) is 11.3. The van der Waals surface area contributed by atoms with Gasteiger partial charge in [-0.05, 0) is 39.0 Å². The summed E-state index contributed by atoms with van der Waals surface area (Å²) in [4.78, 5) is 19.3. The minimum absolute atomic E-state index is 0.0174. The number of carbonyl (C=O) groups excluding carboxylic acids is 1. The summed E-state index contributed by atoms with van der Waals surface area (Å²) in [5.74, 6) is -0.0174. The Morgan fingerprint density at radius 1 is 1.42 bits per heavy atom. The number of benzene rings is 1. The van der Waals surface area contributed by atoms with Crippen molar-refractivity contribution < 1.29 is 4.79 Å². The number of amides is 1. The lowest BCUT2D eigenvalue weighted by Crippen LogP contribution is -2.30. The minimum atomic E-state index is -0.0174. The zero-order chi connectivity index (χ0) is 14.0. The van der Waals surface area contributed by atoms with Gasteiger partial charge in [0.25, 0.3) is 5.91 Å². The highest BCUT2D eigenvalue weighted by atomic mass is 32.1. The number of hydrogen-bond acceptors (Lipinski definition) is 4. The Bertz CT molecular complexity index is 606. The molecule has 5 heteroatoms. The second-order valence-electron chi connectivity index (χ2n) is 4.29. The summed E-state index contributed by atoms with van der Waals surface area (Å²) in [6.07, 6.45) is 0. The highest BCUT2D eigenvalue weighted by molar-refractivity contribution is 7.13. The predicted octanol–water partition coefficient (Wildman–Crippen LogP) is 3.01. The van der Waals surface area contributed by atoms with Crippen LogP contribution in [-0.4, -0.2) is 17.4 Å². The summed E-state index contributed by atoms with van der Waals surface area (Å²) in [6.45, 7) is 6.32. The zero-order valence-corrected chi connectivity index (χ0v) is 12.1. The first-order valence-electron chi connectivity index (χ1n) is 6.14. The maximum atomic E-state index is 12.6. The van der Waals surface area contributed by atoms with Crippen molar-refractivity contribution in [3.63, 3.8) is 0 Å². The van der Waals surface area contributed by atoms with Gasteiger partial charge in [-0.15, -0.1) is 11.3 Å². The number of aryl methyl sites for hydroxylation is 2. The summed E-state index contributed by atoms with van der Waals surface area (Å²) in [5, 5.41) is 0.907. The molecule has 0 aliphatic heterocycles. The Kier molecular flexibility index (Phi) is 3.85. The molecule has 0 aliphatic carbocycles. The molecule has 19 heavy (non-hydrogen) atoms. The molecule has 2 aromatic rings. The van der Waals surface area contributed by atoms with Gasteiger partial charge in [-0.3, -0.25) is 4.79 Å². The lowest BCUT2D eigenvalue weighted by molar-refractivity contribution is 0.0991. The van der Waals surface area contributed by atoms with E-state index in [1.54, 1.807) is 4.90 Å². The van der Waals surface area contributed by atoms with Gasteiger partial charge in [0.2, 0.25) is 0 Å². The van der Waals surface area contributed by atoms with Gasteiger partial charge in [-0.25, -0.2) is 4.98 Å². The highest BCUT2D eigenvalue weighted by Crippen LogP contribution is 2.24. The molecule has 0 saturated carbocycles. The van der Waals surface area contributed by atoms with Gasteiger partial charge < -0.3 is 10.6 Å². The quantitative estimate of drug-likeness (QED) is 0.876. The predicted molar refractivity (Wildman–Crippen MR) is 79.8 cm³/mol. The van der Waals surface area contributed by atoms with E-state index < -0.39 is 0 Å². The van der Waals surface area contributed by atoms with E-state index in [1.165, 1.54) is 11.3 Å². The van der Waals surface area contributed by atoms with Crippen molar-refractivity contribution in [3.8, 4) is 0 Å². The van der Waals surface area contributed by atoms with Crippen LogP contribution in [0.5, 0.6) is 0 Å². The van der Waals surface area contributed by atoms with Gasteiger partial charge >= 0.3 is 0 Å². The Hall–Kier alpha value is -1.88. The number of nitrogens with zero attached hydrogens (tertiary/aromatic N) is 2. The number of anilines is 2. The van der Waals surface area contributed by atoms with Crippen LogP contribution in [0.15, 0.2) is 24.3 Å². The topological polar surface area (TPSA) is 59.2 Å². The molecule has 0 atom stereocenters. The molecule has 0 spiro atoms. The standard InChI is InChI=1S/C14H17N3OS/c1-4-17(12-7-5-6-11(15)8-12)14(18)13-9(2)16-10(3)19-13/h5-8H,4,15H2,1-3H3. The summed E-state index contributed by atoms with van der Waals surface area (Å²) in [5.41, 5.74) is 8.03. The fraction of sp³-hybridized carbons (Fsp3) is 0.286. The van der Waals surface area contributed by atoms with Crippen molar-refractivity contribution in [1.29, 1.82) is 0 Å². The number of carbonyl (C=O) groups is 1. The monoisotopic (exact) mass is 275 g/mol. The van der Waals surface area contributed by atoms with E-state index in [1.807, 2.05) is 45.0 Å². The summed E-state index contributed by atoms with van der Waals surface area (Å²) in [7, 11) is 0. The van der Waals surface area contributed by atoms with Crippen LogP contribution in [0.25, 0.3) is 0 Å². The number of nitrogen functional groups attached to an aromatic ring is 1. The molecule has 0 unspecified atom stereocenters. The van der Waals surface area contributed by atoms with Crippen LogP contribution in [-0.2, 0) is 0 Å². The van der Waals surface area contributed by atoms with Crippen LogP contribution < -0.4 is 10.6 Å². The number of nitrogens with two attached hydrogens (primary N) is 1. The van der Waals surface area contributed by atoms with E-state index in [0.717, 1.165) is 16.4 Å². The molecular weight excluding hydrogens is 258 g/mol. The third-order valence-corrected chi connectivity index (χ3v) is 3.90. The molecule has 0 fully saturated rings. The molecule has 0 saturated heterocycles. The van der Waals surface area contributed by atoms with Crippen molar-refractivity contribution in [2.45, 2.75) is 20.8 Å². The Morgan fingerprint density at radius 3 is 2.68 bits per heavy atom. The first-order valence-corrected chi connectivity index (χ1v) is 6.96. The maximum absolute atomic E-state index is 12.6. The van der Waals surface area contributed by atoms with Gasteiger partial charge in [0.05, 0.1) is 10.7 Å². The molecule has 4 nitrogen and oxygen atoms in total. The van der Waals surface area contributed by atoms with Crippen LogP contribution in [0.4, 0.5) is 11.4 Å².